The fourth-order valence-electron chi connectivity index (χ4n) is 1.72. The number of anilines is 2. The summed E-state index contributed by atoms with van der Waals surface area (Å²) in [6.07, 6.45) is 1.56. The quantitative estimate of drug-likeness (QED) is 0.751. The van der Waals surface area contributed by atoms with E-state index in [1.54, 1.807) is 26.3 Å². The molecule has 2 N–H and O–H groups in total. The summed E-state index contributed by atoms with van der Waals surface area (Å²) in [6, 6.07) is 1.57. The van der Waals surface area contributed by atoms with Crippen molar-refractivity contribution in [1.29, 1.82) is 0 Å². The molecule has 0 aliphatic carbocycles. The Bertz CT molecular complexity index is 424. The van der Waals surface area contributed by atoms with E-state index in [1.165, 1.54) is 0 Å². The summed E-state index contributed by atoms with van der Waals surface area (Å²) < 4.78 is 10.0. The average molecular weight is 267 g/mol. The van der Waals surface area contributed by atoms with Gasteiger partial charge in [-0.05, 0) is 19.9 Å². The first kappa shape index (κ1) is 15.2. The van der Waals surface area contributed by atoms with Crippen molar-refractivity contribution in [2.45, 2.75) is 13.8 Å². The molecule has 0 bridgehead atoms. The molecule has 0 aliphatic rings. The molecule has 1 aromatic heterocycles. The minimum atomic E-state index is -0.425. The van der Waals surface area contributed by atoms with Crippen LogP contribution in [-0.4, -0.2) is 44.4 Å². The number of carbonyl (C=O) groups excluding carboxylic acids is 1. The molecule has 1 heterocycles. The van der Waals surface area contributed by atoms with Crippen molar-refractivity contribution >= 4 is 17.5 Å². The second-order valence-corrected chi connectivity index (χ2v) is 3.89. The lowest BCUT2D eigenvalue weighted by molar-refractivity contribution is 0.0527. The first-order valence-electron chi connectivity index (χ1n) is 6.31. The molecule has 0 radical (unpaired) electrons. The lowest BCUT2D eigenvalue weighted by Crippen LogP contribution is -2.29. The Labute approximate surface area is 113 Å². The van der Waals surface area contributed by atoms with Crippen LogP contribution in [0.25, 0.3) is 0 Å². The highest BCUT2D eigenvalue weighted by Gasteiger charge is 2.17. The fraction of sp³-hybridized carbons (Fsp3) is 0.538. The highest BCUT2D eigenvalue weighted by Crippen LogP contribution is 2.24. The van der Waals surface area contributed by atoms with E-state index in [-0.39, 0.29) is 0 Å². The molecule has 6 nitrogen and oxygen atoms in total. The van der Waals surface area contributed by atoms with Gasteiger partial charge >= 0.3 is 5.97 Å². The van der Waals surface area contributed by atoms with Crippen LogP contribution in [0.5, 0.6) is 0 Å². The Hall–Kier alpha value is -1.82. The van der Waals surface area contributed by atoms with E-state index in [9.17, 15) is 4.79 Å². The van der Waals surface area contributed by atoms with Crippen LogP contribution in [0.1, 0.15) is 24.2 Å². The van der Waals surface area contributed by atoms with Crippen LogP contribution in [0.15, 0.2) is 12.3 Å². The average Bonchev–Trinajstić information content (AvgIpc) is 2.41. The van der Waals surface area contributed by atoms with Crippen LogP contribution in [0.2, 0.25) is 0 Å². The second kappa shape index (κ2) is 7.58. The zero-order chi connectivity index (χ0) is 14.3. The minimum absolute atomic E-state index is 0.317. The van der Waals surface area contributed by atoms with Gasteiger partial charge in [0.05, 0.1) is 24.5 Å². The first-order valence-corrected chi connectivity index (χ1v) is 6.31. The van der Waals surface area contributed by atoms with Crippen LogP contribution in [-0.2, 0) is 9.47 Å². The van der Waals surface area contributed by atoms with Gasteiger partial charge < -0.3 is 20.1 Å². The monoisotopic (exact) mass is 267 g/mol. The Morgan fingerprint density at radius 1 is 1.47 bits per heavy atom. The number of esters is 1. The number of nitrogens with two attached hydrogens (primary N) is 1. The smallest absolute Gasteiger partial charge is 0.340 e. The molecule has 0 atom stereocenters. The zero-order valence-electron chi connectivity index (χ0n) is 11.7. The highest BCUT2D eigenvalue weighted by molar-refractivity contribution is 5.97. The molecule has 19 heavy (non-hydrogen) atoms. The van der Waals surface area contributed by atoms with E-state index in [2.05, 4.69) is 4.98 Å². The summed E-state index contributed by atoms with van der Waals surface area (Å²) in [5.74, 6) is 0.163. The molecule has 0 aliphatic heterocycles. The van der Waals surface area contributed by atoms with Gasteiger partial charge in [-0.3, -0.25) is 0 Å². The summed E-state index contributed by atoms with van der Waals surface area (Å²) >= 11 is 0. The van der Waals surface area contributed by atoms with E-state index in [1.807, 2.05) is 11.8 Å². The molecule has 106 valence electrons. The standard InChI is InChI=1S/C13H21N3O3/c1-4-16(8-9-18-3)12-11(14)10(6-7-15-12)13(17)19-5-2/h6-7H,4-5,8-9,14H2,1-3H3. The van der Waals surface area contributed by atoms with Crippen molar-refractivity contribution in [3.63, 3.8) is 0 Å². The minimum Gasteiger partial charge on any atom is -0.462 e. The van der Waals surface area contributed by atoms with Crippen LogP contribution >= 0.6 is 0 Å². The first-order chi connectivity index (χ1) is 9.15. The Kier molecular flexibility index (Phi) is 6.08. The summed E-state index contributed by atoms with van der Waals surface area (Å²) in [5.41, 5.74) is 6.71. The van der Waals surface area contributed by atoms with Gasteiger partial charge in [-0.25, -0.2) is 9.78 Å². The number of ether oxygens (including phenoxy) is 2. The molecule has 6 heteroatoms. The Balaban J connectivity index is 3.01. The van der Waals surface area contributed by atoms with Crippen molar-refractivity contribution in [1.82, 2.24) is 4.98 Å². The Morgan fingerprint density at radius 2 is 2.21 bits per heavy atom. The normalized spacial score (nSPS) is 10.3. The number of hydrogen-bond donors (Lipinski definition) is 1. The van der Waals surface area contributed by atoms with Crippen LogP contribution < -0.4 is 10.6 Å². The fourth-order valence-corrected chi connectivity index (χ4v) is 1.72. The number of likely N-dealkylation sites (N-methyl/N-ethyl adjacent to an activating group) is 1. The van der Waals surface area contributed by atoms with Crippen LogP contribution in [0.4, 0.5) is 11.5 Å². The molecule has 0 saturated carbocycles. The molecule has 1 aromatic rings. The summed E-state index contributed by atoms with van der Waals surface area (Å²) in [4.78, 5) is 18.0. The highest BCUT2D eigenvalue weighted by atomic mass is 16.5. The molecular weight excluding hydrogens is 246 g/mol. The lowest BCUT2D eigenvalue weighted by atomic mass is 10.2. The van der Waals surface area contributed by atoms with E-state index in [0.29, 0.717) is 36.8 Å². The van der Waals surface area contributed by atoms with Gasteiger partial charge in [0.2, 0.25) is 0 Å². The third kappa shape index (κ3) is 3.82. The van der Waals surface area contributed by atoms with Gasteiger partial charge in [0, 0.05) is 26.4 Å². The van der Waals surface area contributed by atoms with E-state index >= 15 is 0 Å². The number of hydrogen-bond acceptors (Lipinski definition) is 6. The summed E-state index contributed by atoms with van der Waals surface area (Å²) in [7, 11) is 1.64. The van der Waals surface area contributed by atoms with Gasteiger partial charge in [0.25, 0.3) is 0 Å². The van der Waals surface area contributed by atoms with Crippen molar-refractivity contribution in [2.24, 2.45) is 0 Å². The number of nitrogens with zero attached hydrogens (tertiary/aromatic N) is 2. The van der Waals surface area contributed by atoms with Gasteiger partial charge in [-0.15, -0.1) is 0 Å². The van der Waals surface area contributed by atoms with Crippen molar-refractivity contribution in [3.05, 3.63) is 17.8 Å². The topological polar surface area (TPSA) is 77.7 Å². The van der Waals surface area contributed by atoms with E-state index < -0.39 is 5.97 Å². The molecule has 0 saturated heterocycles. The molecule has 0 amide bonds. The summed E-state index contributed by atoms with van der Waals surface area (Å²) in [6.45, 7) is 6.03. The second-order valence-electron chi connectivity index (χ2n) is 3.89. The molecular formula is C13H21N3O3. The maximum Gasteiger partial charge on any atom is 0.340 e. The number of rotatable bonds is 7. The molecule has 0 fully saturated rings. The van der Waals surface area contributed by atoms with Crippen LogP contribution in [0.3, 0.4) is 0 Å². The van der Waals surface area contributed by atoms with Crippen molar-refractivity contribution < 1.29 is 14.3 Å². The Morgan fingerprint density at radius 3 is 2.79 bits per heavy atom. The van der Waals surface area contributed by atoms with E-state index in [0.717, 1.165) is 6.54 Å². The van der Waals surface area contributed by atoms with E-state index in [4.69, 9.17) is 15.2 Å². The van der Waals surface area contributed by atoms with Gasteiger partial charge in [-0.1, -0.05) is 0 Å². The van der Waals surface area contributed by atoms with Crippen LogP contribution in [0, 0.1) is 0 Å². The maximum absolute atomic E-state index is 11.8. The molecule has 0 unspecified atom stereocenters. The number of carbonyl (C=O) groups is 1. The predicted molar refractivity (Wildman–Crippen MR) is 74.4 cm³/mol. The zero-order valence-corrected chi connectivity index (χ0v) is 11.7. The molecule has 1 rings (SSSR count). The predicted octanol–water partition coefficient (Wildman–Crippen LogP) is 1.31. The van der Waals surface area contributed by atoms with Gasteiger partial charge in [0.1, 0.15) is 0 Å². The summed E-state index contributed by atoms with van der Waals surface area (Å²) in [5, 5.41) is 0. The maximum atomic E-state index is 11.8. The van der Waals surface area contributed by atoms with Gasteiger partial charge in [-0.2, -0.15) is 0 Å². The van der Waals surface area contributed by atoms with Crippen molar-refractivity contribution in [2.75, 3.05) is 44.0 Å². The third-order valence-corrected chi connectivity index (χ3v) is 2.71. The number of nitrogen functional groups attached to an aromatic ring is 1. The number of methoxy groups -OCH3 is 1. The molecule has 0 spiro atoms. The lowest BCUT2D eigenvalue weighted by Gasteiger charge is -2.23. The third-order valence-electron chi connectivity index (χ3n) is 2.71. The number of pyridine rings is 1. The number of aromatic nitrogens is 1. The SMILES string of the molecule is CCOC(=O)c1ccnc(N(CC)CCOC)c1N. The van der Waals surface area contributed by atoms with Crippen molar-refractivity contribution in [3.8, 4) is 0 Å². The van der Waals surface area contributed by atoms with Gasteiger partial charge in [0.15, 0.2) is 5.82 Å². The molecule has 0 aromatic carbocycles. The largest absolute Gasteiger partial charge is 0.462 e.